The Hall–Kier alpha value is -1.01. The summed E-state index contributed by atoms with van der Waals surface area (Å²) in [5.41, 5.74) is 5.71. The third kappa shape index (κ3) is 2.97. The number of carbonyl (C=O) groups is 1. The maximum absolute atomic E-state index is 11.2. The second-order valence-electron chi connectivity index (χ2n) is 3.19. The van der Waals surface area contributed by atoms with Crippen LogP contribution in [-0.4, -0.2) is 33.9 Å². The van der Waals surface area contributed by atoms with Crippen LogP contribution in [0.2, 0.25) is 0 Å². The highest BCUT2D eigenvalue weighted by Gasteiger charge is 2.23. The summed E-state index contributed by atoms with van der Waals surface area (Å²) in [6.07, 6.45) is 3.55. The van der Waals surface area contributed by atoms with E-state index in [2.05, 4.69) is 9.72 Å². The van der Waals surface area contributed by atoms with Gasteiger partial charge in [-0.15, -0.1) is 0 Å². The second-order valence-corrected chi connectivity index (χ2v) is 4.54. The quantitative estimate of drug-likeness (QED) is 0.598. The Morgan fingerprint density at radius 2 is 2.40 bits per heavy atom. The molecule has 0 bridgehead atoms. The molecule has 0 amide bonds. The van der Waals surface area contributed by atoms with Gasteiger partial charge in [0.05, 0.1) is 7.11 Å². The van der Waals surface area contributed by atoms with Crippen molar-refractivity contribution >= 4 is 17.7 Å². The first-order valence-electron chi connectivity index (χ1n) is 4.53. The molecule has 5 nitrogen and oxygen atoms in total. The van der Waals surface area contributed by atoms with Crippen LogP contribution in [-0.2, 0) is 16.6 Å². The number of carbonyl (C=O) groups excluding carboxylic acids is 1. The van der Waals surface area contributed by atoms with Crippen LogP contribution in [0.15, 0.2) is 17.6 Å². The number of ether oxygens (including phenoxy) is 1. The molecule has 0 saturated heterocycles. The van der Waals surface area contributed by atoms with E-state index in [0.29, 0.717) is 0 Å². The van der Waals surface area contributed by atoms with Gasteiger partial charge in [-0.05, 0) is 0 Å². The average Bonchev–Trinajstić information content (AvgIpc) is 2.62. The Kier molecular flexibility index (Phi) is 4.16. The normalized spacial score (nSPS) is 14.7. The van der Waals surface area contributed by atoms with E-state index < -0.39 is 12.0 Å². The number of esters is 1. The van der Waals surface area contributed by atoms with Crippen molar-refractivity contribution in [3.05, 3.63) is 12.4 Å². The van der Waals surface area contributed by atoms with Crippen molar-refractivity contribution in [3.8, 4) is 0 Å². The van der Waals surface area contributed by atoms with E-state index >= 15 is 0 Å². The van der Waals surface area contributed by atoms with Gasteiger partial charge in [-0.2, -0.15) is 0 Å². The molecular weight excluding hydrogens is 214 g/mol. The molecule has 15 heavy (non-hydrogen) atoms. The Bertz CT molecular complexity index is 340. The number of nitrogens with two attached hydrogens (primary N) is 1. The van der Waals surface area contributed by atoms with Crippen molar-refractivity contribution in [3.63, 3.8) is 0 Å². The first kappa shape index (κ1) is 12.1. The molecule has 0 aromatic carbocycles. The third-order valence-corrected chi connectivity index (χ3v) is 3.32. The van der Waals surface area contributed by atoms with E-state index in [1.807, 2.05) is 24.7 Å². The van der Waals surface area contributed by atoms with Crippen molar-refractivity contribution in [2.24, 2.45) is 12.8 Å². The van der Waals surface area contributed by atoms with Crippen LogP contribution in [0.4, 0.5) is 0 Å². The molecule has 2 unspecified atom stereocenters. The van der Waals surface area contributed by atoms with Gasteiger partial charge in [0.15, 0.2) is 5.16 Å². The summed E-state index contributed by atoms with van der Waals surface area (Å²) in [4.78, 5) is 15.3. The van der Waals surface area contributed by atoms with Gasteiger partial charge in [0, 0.05) is 24.7 Å². The summed E-state index contributed by atoms with van der Waals surface area (Å²) < 4.78 is 6.46. The number of aromatic nitrogens is 2. The van der Waals surface area contributed by atoms with Crippen LogP contribution >= 0.6 is 11.8 Å². The topological polar surface area (TPSA) is 70.1 Å². The maximum Gasteiger partial charge on any atom is 0.323 e. The number of rotatable bonds is 4. The zero-order valence-corrected chi connectivity index (χ0v) is 9.82. The predicted octanol–water partition coefficient (Wildman–Crippen LogP) is 0.401. The lowest BCUT2D eigenvalue weighted by atomic mass is 10.2. The molecule has 84 valence electrons. The first-order valence-corrected chi connectivity index (χ1v) is 5.41. The fraction of sp³-hybridized carbons (Fsp3) is 0.556. The minimum absolute atomic E-state index is 0.0708. The average molecular weight is 229 g/mol. The standard InChI is InChI=1S/C9H15N3O2S/c1-6(7(10)8(13)14-3)15-9-11-4-5-12(9)2/h4-7H,10H2,1-3H3. The van der Waals surface area contributed by atoms with E-state index in [9.17, 15) is 4.79 Å². The molecule has 0 aliphatic rings. The summed E-state index contributed by atoms with van der Waals surface area (Å²) >= 11 is 1.45. The number of hydrogen-bond acceptors (Lipinski definition) is 5. The lowest BCUT2D eigenvalue weighted by Gasteiger charge is -2.16. The Morgan fingerprint density at radius 3 is 2.87 bits per heavy atom. The molecule has 2 N–H and O–H groups in total. The molecule has 0 saturated carbocycles. The highest BCUT2D eigenvalue weighted by atomic mass is 32.2. The van der Waals surface area contributed by atoms with Crippen LogP contribution in [0.5, 0.6) is 0 Å². The second kappa shape index (κ2) is 5.18. The van der Waals surface area contributed by atoms with Gasteiger partial charge in [-0.25, -0.2) is 4.98 Å². The molecular formula is C9H15N3O2S. The Morgan fingerprint density at radius 1 is 1.73 bits per heavy atom. The van der Waals surface area contributed by atoms with Crippen LogP contribution in [0.3, 0.4) is 0 Å². The van der Waals surface area contributed by atoms with Gasteiger partial charge in [-0.1, -0.05) is 18.7 Å². The highest BCUT2D eigenvalue weighted by Crippen LogP contribution is 2.22. The Balaban J connectivity index is 2.59. The lowest BCUT2D eigenvalue weighted by Crippen LogP contribution is -2.39. The van der Waals surface area contributed by atoms with Crippen LogP contribution in [0.1, 0.15) is 6.92 Å². The molecule has 1 rings (SSSR count). The molecule has 0 aliphatic heterocycles. The van der Waals surface area contributed by atoms with Crippen LogP contribution < -0.4 is 5.73 Å². The fourth-order valence-electron chi connectivity index (χ4n) is 1.03. The van der Waals surface area contributed by atoms with Crippen LogP contribution in [0.25, 0.3) is 0 Å². The number of thioether (sulfide) groups is 1. The van der Waals surface area contributed by atoms with Crippen molar-refractivity contribution in [2.45, 2.75) is 23.4 Å². The molecule has 1 aromatic heterocycles. The molecule has 6 heteroatoms. The minimum atomic E-state index is -0.628. The zero-order chi connectivity index (χ0) is 11.4. The monoisotopic (exact) mass is 229 g/mol. The minimum Gasteiger partial charge on any atom is -0.468 e. The van der Waals surface area contributed by atoms with Gasteiger partial charge in [-0.3, -0.25) is 4.79 Å². The summed E-state index contributed by atoms with van der Waals surface area (Å²) in [5, 5.41) is 0.764. The number of nitrogens with zero attached hydrogens (tertiary/aromatic N) is 2. The molecule has 0 spiro atoms. The SMILES string of the molecule is COC(=O)C(N)C(C)Sc1nccn1C. The zero-order valence-electron chi connectivity index (χ0n) is 9.01. The summed E-state index contributed by atoms with van der Waals surface area (Å²) in [7, 11) is 3.23. The van der Waals surface area contributed by atoms with Gasteiger partial charge in [0.2, 0.25) is 0 Å². The van der Waals surface area contributed by atoms with E-state index in [0.717, 1.165) is 5.16 Å². The molecule has 0 fully saturated rings. The van der Waals surface area contributed by atoms with Gasteiger partial charge < -0.3 is 15.0 Å². The molecule has 0 aliphatic carbocycles. The van der Waals surface area contributed by atoms with Crippen LogP contribution in [0, 0.1) is 0 Å². The summed E-state index contributed by atoms with van der Waals surface area (Å²) in [5.74, 6) is -0.399. The smallest absolute Gasteiger partial charge is 0.323 e. The van der Waals surface area contributed by atoms with Gasteiger partial charge in [0.25, 0.3) is 0 Å². The van der Waals surface area contributed by atoms with Crippen molar-refractivity contribution < 1.29 is 9.53 Å². The highest BCUT2D eigenvalue weighted by molar-refractivity contribution is 7.99. The number of hydrogen-bond donors (Lipinski definition) is 1. The molecule has 0 radical (unpaired) electrons. The summed E-state index contributed by atoms with van der Waals surface area (Å²) in [6, 6.07) is -0.628. The fourth-order valence-corrected chi connectivity index (χ4v) is 1.97. The molecule has 2 atom stereocenters. The van der Waals surface area contributed by atoms with E-state index in [-0.39, 0.29) is 5.25 Å². The van der Waals surface area contributed by atoms with Crippen molar-refractivity contribution in [2.75, 3.05) is 7.11 Å². The van der Waals surface area contributed by atoms with Gasteiger partial charge in [0.1, 0.15) is 6.04 Å². The Labute approximate surface area is 93.0 Å². The maximum atomic E-state index is 11.2. The number of aryl methyl sites for hydroxylation is 1. The first-order chi connectivity index (χ1) is 7.06. The van der Waals surface area contributed by atoms with E-state index in [1.165, 1.54) is 18.9 Å². The lowest BCUT2D eigenvalue weighted by molar-refractivity contribution is -0.142. The van der Waals surface area contributed by atoms with E-state index in [1.54, 1.807) is 6.20 Å². The summed E-state index contributed by atoms with van der Waals surface area (Å²) in [6.45, 7) is 1.88. The van der Waals surface area contributed by atoms with E-state index in [4.69, 9.17) is 5.73 Å². The third-order valence-electron chi connectivity index (χ3n) is 2.05. The van der Waals surface area contributed by atoms with Crippen molar-refractivity contribution in [1.82, 2.24) is 9.55 Å². The molecule has 1 aromatic rings. The van der Waals surface area contributed by atoms with Crippen molar-refractivity contribution in [1.29, 1.82) is 0 Å². The molecule has 1 heterocycles. The van der Waals surface area contributed by atoms with Gasteiger partial charge >= 0.3 is 5.97 Å². The predicted molar refractivity (Wildman–Crippen MR) is 58.5 cm³/mol. The number of methoxy groups -OCH3 is 1. The largest absolute Gasteiger partial charge is 0.468 e. The number of imidazole rings is 1.